The summed E-state index contributed by atoms with van der Waals surface area (Å²) >= 11 is 0. The van der Waals surface area contributed by atoms with Crippen molar-refractivity contribution in [3.8, 4) is 11.5 Å². The van der Waals surface area contributed by atoms with Gasteiger partial charge in [-0.2, -0.15) is 5.10 Å². The van der Waals surface area contributed by atoms with E-state index in [4.69, 9.17) is 15.3 Å². The summed E-state index contributed by atoms with van der Waals surface area (Å²) in [5, 5.41) is 6.29. The minimum atomic E-state index is 0.323. The number of hydrogen-bond donors (Lipinski definition) is 2. The fraction of sp³-hybridized carbons (Fsp3) is 0.696. The Morgan fingerprint density at radius 3 is 2.21 bits per heavy atom. The molecule has 0 aromatic heterocycles. The van der Waals surface area contributed by atoms with Crippen LogP contribution in [-0.4, -0.2) is 37.1 Å². The summed E-state index contributed by atoms with van der Waals surface area (Å²) in [5.41, 5.74) is 5.48. The van der Waals surface area contributed by atoms with Gasteiger partial charge in [0, 0.05) is 19.2 Å². The Bertz CT molecular complexity index is 640. The highest BCUT2D eigenvalue weighted by atomic mass is 16.5. The third-order valence-electron chi connectivity index (χ3n) is 5.25. The predicted molar refractivity (Wildman–Crippen MR) is 121 cm³/mol. The zero-order valence-corrected chi connectivity index (χ0v) is 18.8. The second kappa shape index (κ2) is 12.6. The van der Waals surface area contributed by atoms with Gasteiger partial charge in [-0.25, -0.2) is 5.01 Å². The van der Waals surface area contributed by atoms with Crippen molar-refractivity contribution in [2.24, 2.45) is 10.9 Å². The van der Waals surface area contributed by atoms with Gasteiger partial charge in [0.25, 0.3) is 0 Å². The number of piperidine rings is 1. The molecule has 1 aliphatic rings. The number of benzene rings is 1. The van der Waals surface area contributed by atoms with Crippen LogP contribution in [0.15, 0.2) is 17.2 Å². The lowest BCUT2D eigenvalue weighted by molar-refractivity contribution is 0.194. The molecular weight excluding hydrogens is 364 g/mol. The summed E-state index contributed by atoms with van der Waals surface area (Å²) in [7, 11) is 0. The van der Waals surface area contributed by atoms with Gasteiger partial charge in [0.05, 0.1) is 18.8 Å². The Morgan fingerprint density at radius 1 is 1.03 bits per heavy atom. The van der Waals surface area contributed by atoms with Gasteiger partial charge in [-0.05, 0) is 43.2 Å². The zero-order valence-electron chi connectivity index (χ0n) is 18.8. The molecule has 164 valence electrons. The molecule has 29 heavy (non-hydrogen) atoms. The van der Waals surface area contributed by atoms with Gasteiger partial charge in [-0.15, -0.1) is 0 Å². The number of rotatable bonds is 11. The Morgan fingerprint density at radius 2 is 1.66 bits per heavy atom. The minimum Gasteiger partial charge on any atom is -0.493 e. The van der Waals surface area contributed by atoms with Crippen molar-refractivity contribution >= 4 is 5.84 Å². The van der Waals surface area contributed by atoms with Crippen LogP contribution in [0.2, 0.25) is 0 Å². The third kappa shape index (κ3) is 7.11. The fourth-order valence-electron chi connectivity index (χ4n) is 3.43. The lowest BCUT2D eigenvalue weighted by atomic mass is 9.98. The maximum Gasteiger partial charge on any atom is 0.171 e. The molecule has 1 heterocycles. The summed E-state index contributed by atoms with van der Waals surface area (Å²) in [6, 6.07) is 4.16. The zero-order chi connectivity index (χ0) is 21.1. The molecule has 3 N–H and O–H groups in total. The van der Waals surface area contributed by atoms with E-state index in [1.54, 1.807) is 0 Å². The standard InChI is InChI=1S/C23H40N4O2/c1-5-7-14-28-21-17-22(29-15-8-6-2)20(16-19(21)18(3)4)23(25-24)26-27-12-10-9-11-13-27/h16-18H,5-15,24H2,1-4H3,(H,25,26). The Kier molecular flexibility index (Phi) is 10.1. The molecule has 6 nitrogen and oxygen atoms in total. The molecule has 0 radical (unpaired) electrons. The maximum atomic E-state index is 6.16. The van der Waals surface area contributed by atoms with Gasteiger partial charge >= 0.3 is 0 Å². The van der Waals surface area contributed by atoms with Crippen LogP contribution in [0.5, 0.6) is 11.5 Å². The topological polar surface area (TPSA) is 72.1 Å². The van der Waals surface area contributed by atoms with Crippen LogP contribution >= 0.6 is 0 Å². The average Bonchev–Trinajstić information content (AvgIpc) is 2.73. The van der Waals surface area contributed by atoms with Crippen LogP contribution in [0, 0.1) is 0 Å². The number of amidine groups is 1. The summed E-state index contributed by atoms with van der Waals surface area (Å²) < 4.78 is 12.3. The highest BCUT2D eigenvalue weighted by Gasteiger charge is 2.21. The molecule has 0 amide bonds. The van der Waals surface area contributed by atoms with E-state index in [1.807, 2.05) is 6.07 Å². The predicted octanol–water partition coefficient (Wildman–Crippen LogP) is 4.78. The number of nitrogens with zero attached hydrogens (tertiary/aromatic N) is 2. The first kappa shape index (κ1) is 23.3. The number of nitrogens with one attached hydrogen (secondary N) is 1. The molecule has 0 spiro atoms. The molecule has 0 saturated carbocycles. The maximum absolute atomic E-state index is 6.16. The van der Waals surface area contributed by atoms with Crippen LogP contribution in [0.1, 0.15) is 89.7 Å². The van der Waals surface area contributed by atoms with Gasteiger partial charge < -0.3 is 20.7 Å². The van der Waals surface area contributed by atoms with Gasteiger partial charge in [0.1, 0.15) is 11.5 Å². The molecule has 1 saturated heterocycles. The van der Waals surface area contributed by atoms with E-state index in [0.29, 0.717) is 25.0 Å². The molecule has 6 heteroatoms. The molecule has 2 rings (SSSR count). The van der Waals surface area contributed by atoms with E-state index >= 15 is 0 Å². The first-order valence-electron chi connectivity index (χ1n) is 11.3. The monoisotopic (exact) mass is 404 g/mol. The average molecular weight is 405 g/mol. The van der Waals surface area contributed by atoms with Crippen LogP contribution in [-0.2, 0) is 0 Å². The van der Waals surface area contributed by atoms with Crippen molar-refractivity contribution in [1.29, 1.82) is 0 Å². The van der Waals surface area contributed by atoms with E-state index in [1.165, 1.54) is 19.3 Å². The third-order valence-corrected chi connectivity index (χ3v) is 5.25. The summed E-state index contributed by atoms with van der Waals surface area (Å²) in [6.45, 7) is 12.1. The van der Waals surface area contributed by atoms with Crippen molar-refractivity contribution in [3.05, 3.63) is 23.3 Å². The SMILES string of the molecule is CCCCOc1cc(OCCCC)c(C(C)C)cc1/C(=N\N)NN1CCCCC1. The number of ether oxygens (including phenoxy) is 2. The second-order valence-electron chi connectivity index (χ2n) is 8.08. The number of nitrogens with two attached hydrogens (primary N) is 1. The van der Waals surface area contributed by atoms with Gasteiger partial charge in [0.15, 0.2) is 5.84 Å². The van der Waals surface area contributed by atoms with Gasteiger partial charge in [-0.3, -0.25) is 0 Å². The minimum absolute atomic E-state index is 0.323. The lowest BCUT2D eigenvalue weighted by Gasteiger charge is -2.29. The van der Waals surface area contributed by atoms with Crippen molar-refractivity contribution in [2.45, 2.75) is 78.6 Å². The molecule has 0 bridgehead atoms. The molecule has 1 aliphatic heterocycles. The molecule has 0 aliphatic carbocycles. The van der Waals surface area contributed by atoms with E-state index in [-0.39, 0.29) is 0 Å². The number of unbranched alkanes of at least 4 members (excludes halogenated alkanes) is 2. The largest absolute Gasteiger partial charge is 0.493 e. The van der Waals surface area contributed by atoms with Gasteiger partial charge in [-0.1, -0.05) is 47.0 Å². The van der Waals surface area contributed by atoms with E-state index in [2.05, 4.69) is 49.3 Å². The lowest BCUT2D eigenvalue weighted by Crippen LogP contribution is -2.45. The van der Waals surface area contributed by atoms with Crippen molar-refractivity contribution in [1.82, 2.24) is 10.4 Å². The van der Waals surface area contributed by atoms with E-state index < -0.39 is 0 Å². The Labute approximate surface area is 176 Å². The number of hydrogen-bond acceptors (Lipinski definition) is 5. The van der Waals surface area contributed by atoms with Crippen LogP contribution in [0.25, 0.3) is 0 Å². The quantitative estimate of drug-likeness (QED) is 0.183. The van der Waals surface area contributed by atoms with Crippen molar-refractivity contribution in [2.75, 3.05) is 26.3 Å². The molecule has 1 aromatic rings. The fourth-order valence-corrected chi connectivity index (χ4v) is 3.43. The Balaban J connectivity index is 2.35. The number of hydrazone groups is 1. The summed E-state index contributed by atoms with van der Waals surface area (Å²) in [5.74, 6) is 8.48. The van der Waals surface area contributed by atoms with Gasteiger partial charge in [0.2, 0.25) is 0 Å². The molecule has 0 unspecified atom stereocenters. The van der Waals surface area contributed by atoms with Crippen LogP contribution in [0.4, 0.5) is 0 Å². The van der Waals surface area contributed by atoms with Crippen molar-refractivity contribution in [3.63, 3.8) is 0 Å². The van der Waals surface area contributed by atoms with Crippen LogP contribution < -0.4 is 20.7 Å². The highest BCUT2D eigenvalue weighted by molar-refractivity contribution is 6.01. The van der Waals surface area contributed by atoms with Crippen molar-refractivity contribution < 1.29 is 9.47 Å². The van der Waals surface area contributed by atoms with E-state index in [9.17, 15) is 0 Å². The second-order valence-corrected chi connectivity index (χ2v) is 8.08. The summed E-state index contributed by atoms with van der Waals surface area (Å²) in [4.78, 5) is 0. The van der Waals surface area contributed by atoms with E-state index in [0.717, 1.165) is 61.4 Å². The first-order chi connectivity index (χ1) is 14.1. The summed E-state index contributed by atoms with van der Waals surface area (Å²) in [6.07, 6.45) is 7.89. The molecular formula is C23H40N4O2. The molecule has 1 aromatic carbocycles. The normalized spacial score (nSPS) is 15.6. The van der Waals surface area contributed by atoms with Crippen LogP contribution in [0.3, 0.4) is 0 Å². The highest BCUT2D eigenvalue weighted by Crippen LogP contribution is 2.34. The first-order valence-corrected chi connectivity index (χ1v) is 11.3. The number of hydrazine groups is 1. The smallest absolute Gasteiger partial charge is 0.171 e. The molecule has 1 fully saturated rings. The Hall–Kier alpha value is -1.95. The molecule has 0 atom stereocenters.